The smallest absolute Gasteiger partial charge is 0.306 e. The molecule has 26 heavy (non-hydrogen) atoms. The largest absolute Gasteiger partial charge is 0.481 e. The van der Waals surface area contributed by atoms with E-state index in [-0.39, 0.29) is 11.8 Å². The molecule has 0 bridgehead atoms. The lowest BCUT2D eigenvalue weighted by Gasteiger charge is -2.25. The van der Waals surface area contributed by atoms with Gasteiger partial charge in [0.05, 0.1) is 18.2 Å². The zero-order chi connectivity index (χ0) is 18.7. The third-order valence-electron chi connectivity index (χ3n) is 4.77. The molecule has 2 atom stereocenters. The minimum atomic E-state index is -0.800. The van der Waals surface area contributed by atoms with Gasteiger partial charge >= 0.3 is 5.97 Å². The molecular weight excluding hydrogens is 372 g/mol. The van der Waals surface area contributed by atoms with Crippen molar-refractivity contribution in [3.8, 4) is 11.3 Å². The Morgan fingerprint density at radius 3 is 2.65 bits per heavy atom. The average Bonchev–Trinajstić information content (AvgIpc) is 3.01. The Morgan fingerprint density at radius 1 is 1.27 bits per heavy atom. The fourth-order valence-electron chi connectivity index (χ4n) is 3.36. The second-order valence-electron chi connectivity index (χ2n) is 6.64. The molecule has 1 aromatic heterocycles. The van der Waals surface area contributed by atoms with Crippen LogP contribution in [-0.2, 0) is 16.1 Å². The zero-order valence-electron chi connectivity index (χ0n) is 14.5. The van der Waals surface area contributed by atoms with Crippen LogP contribution in [0.1, 0.15) is 35.6 Å². The molecule has 3 rings (SSSR count). The van der Waals surface area contributed by atoms with Gasteiger partial charge in [0.2, 0.25) is 5.91 Å². The number of aliphatic carboxylic acids is 1. The van der Waals surface area contributed by atoms with Crippen molar-refractivity contribution in [2.24, 2.45) is 11.8 Å². The van der Waals surface area contributed by atoms with Crippen LogP contribution in [0.2, 0.25) is 5.02 Å². The van der Waals surface area contributed by atoms with E-state index in [1.807, 2.05) is 31.2 Å². The summed E-state index contributed by atoms with van der Waals surface area (Å²) in [6.45, 7) is 2.37. The van der Waals surface area contributed by atoms with Gasteiger partial charge in [-0.15, -0.1) is 11.3 Å². The number of benzene rings is 1. The number of carbonyl (C=O) groups is 2. The third-order valence-corrected chi connectivity index (χ3v) is 5.99. The van der Waals surface area contributed by atoms with Gasteiger partial charge in [0.25, 0.3) is 0 Å². The van der Waals surface area contributed by atoms with Crippen molar-refractivity contribution in [2.45, 2.75) is 39.2 Å². The molecule has 2 N–H and O–H groups in total. The fraction of sp³-hybridized carbons (Fsp3) is 0.421. The molecule has 138 valence electrons. The predicted molar refractivity (Wildman–Crippen MR) is 102 cm³/mol. The number of carbonyl (C=O) groups excluding carboxylic acids is 1. The highest BCUT2D eigenvalue weighted by molar-refractivity contribution is 7.12. The summed E-state index contributed by atoms with van der Waals surface area (Å²) in [4.78, 5) is 29.3. The molecule has 1 aliphatic carbocycles. The lowest BCUT2D eigenvalue weighted by Crippen LogP contribution is -2.35. The first-order chi connectivity index (χ1) is 12.4. The van der Waals surface area contributed by atoms with Gasteiger partial charge in [-0.25, -0.2) is 4.98 Å². The van der Waals surface area contributed by atoms with Gasteiger partial charge in [-0.3, -0.25) is 9.59 Å². The molecule has 0 aliphatic heterocycles. The number of rotatable bonds is 5. The number of aromatic nitrogens is 1. The Bertz CT molecular complexity index is 804. The van der Waals surface area contributed by atoms with Crippen LogP contribution in [0, 0.1) is 18.8 Å². The summed E-state index contributed by atoms with van der Waals surface area (Å²) in [5, 5.41) is 13.6. The number of nitrogens with one attached hydrogen (secondary N) is 1. The van der Waals surface area contributed by atoms with Crippen molar-refractivity contribution in [3.05, 3.63) is 39.2 Å². The van der Waals surface area contributed by atoms with Crippen LogP contribution in [0.5, 0.6) is 0 Å². The molecule has 2 unspecified atom stereocenters. The fourth-order valence-corrected chi connectivity index (χ4v) is 4.38. The standard InChI is InChI=1S/C19H21ClN2O3S/c1-11-17(12-5-7-15(20)8-6-12)22-16(26-11)10-21-18(23)13-3-2-4-14(9-13)19(24)25/h5-8,13-14H,2-4,9-10H2,1H3,(H,21,23)(H,24,25). The molecule has 1 heterocycles. The highest BCUT2D eigenvalue weighted by atomic mass is 35.5. The molecule has 1 fully saturated rings. The maximum atomic E-state index is 12.4. The van der Waals surface area contributed by atoms with Crippen LogP contribution < -0.4 is 5.32 Å². The molecule has 2 aromatic rings. The van der Waals surface area contributed by atoms with Crippen LogP contribution >= 0.6 is 22.9 Å². The van der Waals surface area contributed by atoms with Crippen molar-refractivity contribution in [2.75, 3.05) is 0 Å². The van der Waals surface area contributed by atoms with Crippen LogP contribution in [0.3, 0.4) is 0 Å². The quantitative estimate of drug-likeness (QED) is 0.795. The van der Waals surface area contributed by atoms with Crippen molar-refractivity contribution < 1.29 is 14.7 Å². The van der Waals surface area contributed by atoms with Crippen LogP contribution in [-0.4, -0.2) is 22.0 Å². The molecule has 1 aromatic carbocycles. The number of aryl methyl sites for hydroxylation is 1. The number of hydrogen-bond donors (Lipinski definition) is 2. The van der Waals surface area contributed by atoms with E-state index in [2.05, 4.69) is 10.3 Å². The number of halogens is 1. The number of carboxylic acids is 1. The van der Waals surface area contributed by atoms with Gasteiger partial charge in [-0.1, -0.05) is 30.2 Å². The van der Waals surface area contributed by atoms with E-state index in [0.29, 0.717) is 24.4 Å². The Labute approximate surface area is 161 Å². The van der Waals surface area contributed by atoms with E-state index >= 15 is 0 Å². The SMILES string of the molecule is Cc1sc(CNC(=O)C2CCCC(C(=O)O)C2)nc1-c1ccc(Cl)cc1. The number of carboxylic acid groups (broad SMARTS) is 1. The summed E-state index contributed by atoms with van der Waals surface area (Å²) < 4.78 is 0. The van der Waals surface area contributed by atoms with Gasteiger partial charge in [0, 0.05) is 21.4 Å². The van der Waals surface area contributed by atoms with E-state index in [4.69, 9.17) is 16.7 Å². The minimum Gasteiger partial charge on any atom is -0.481 e. The molecule has 0 saturated heterocycles. The Balaban J connectivity index is 1.61. The molecule has 1 aliphatic rings. The summed E-state index contributed by atoms with van der Waals surface area (Å²) in [5.41, 5.74) is 1.90. The van der Waals surface area contributed by atoms with Gasteiger partial charge in [0.15, 0.2) is 0 Å². The van der Waals surface area contributed by atoms with Crippen molar-refractivity contribution in [1.82, 2.24) is 10.3 Å². The first-order valence-corrected chi connectivity index (χ1v) is 9.86. The molecule has 5 nitrogen and oxygen atoms in total. The lowest BCUT2D eigenvalue weighted by molar-refractivity contribution is -0.144. The maximum Gasteiger partial charge on any atom is 0.306 e. The molecule has 1 amide bonds. The zero-order valence-corrected chi connectivity index (χ0v) is 16.1. The molecule has 7 heteroatoms. The summed E-state index contributed by atoms with van der Waals surface area (Å²) in [6, 6.07) is 7.53. The van der Waals surface area contributed by atoms with E-state index in [1.54, 1.807) is 11.3 Å². The summed E-state index contributed by atoms with van der Waals surface area (Å²) in [7, 11) is 0. The van der Waals surface area contributed by atoms with Gasteiger partial charge in [0.1, 0.15) is 5.01 Å². The van der Waals surface area contributed by atoms with E-state index in [0.717, 1.165) is 34.0 Å². The van der Waals surface area contributed by atoms with Crippen molar-refractivity contribution in [1.29, 1.82) is 0 Å². The van der Waals surface area contributed by atoms with Gasteiger partial charge < -0.3 is 10.4 Å². The predicted octanol–water partition coefficient (Wildman–Crippen LogP) is 4.28. The minimum absolute atomic E-state index is 0.0724. The topological polar surface area (TPSA) is 79.3 Å². The number of hydrogen-bond acceptors (Lipinski definition) is 4. The maximum absolute atomic E-state index is 12.4. The summed E-state index contributed by atoms with van der Waals surface area (Å²) in [6.07, 6.45) is 2.62. The summed E-state index contributed by atoms with van der Waals surface area (Å²) in [5.74, 6) is -1.50. The molecule has 0 spiro atoms. The van der Waals surface area contributed by atoms with E-state index in [9.17, 15) is 9.59 Å². The monoisotopic (exact) mass is 392 g/mol. The first-order valence-electron chi connectivity index (χ1n) is 8.67. The second kappa shape index (κ2) is 8.18. The number of amides is 1. The van der Waals surface area contributed by atoms with Gasteiger partial charge in [-0.2, -0.15) is 0 Å². The van der Waals surface area contributed by atoms with Crippen LogP contribution in [0.25, 0.3) is 11.3 Å². The van der Waals surface area contributed by atoms with Crippen LogP contribution in [0.15, 0.2) is 24.3 Å². The normalized spacial score (nSPS) is 19.9. The molecular formula is C19H21ClN2O3S. The van der Waals surface area contributed by atoms with E-state index < -0.39 is 11.9 Å². The average molecular weight is 393 g/mol. The lowest BCUT2D eigenvalue weighted by atomic mass is 9.81. The highest BCUT2D eigenvalue weighted by Crippen LogP contribution is 2.30. The summed E-state index contributed by atoms with van der Waals surface area (Å²) >= 11 is 7.48. The third kappa shape index (κ3) is 4.43. The van der Waals surface area contributed by atoms with Crippen molar-refractivity contribution >= 4 is 34.8 Å². The number of nitrogens with zero attached hydrogens (tertiary/aromatic N) is 1. The second-order valence-corrected chi connectivity index (χ2v) is 8.36. The Hall–Kier alpha value is -1.92. The van der Waals surface area contributed by atoms with Crippen molar-refractivity contribution in [3.63, 3.8) is 0 Å². The Morgan fingerprint density at radius 2 is 1.96 bits per heavy atom. The molecule has 0 radical (unpaired) electrons. The van der Waals surface area contributed by atoms with E-state index in [1.165, 1.54) is 0 Å². The van der Waals surface area contributed by atoms with Crippen LogP contribution in [0.4, 0.5) is 0 Å². The number of thiazole rings is 1. The highest BCUT2D eigenvalue weighted by Gasteiger charge is 2.30. The molecule has 1 saturated carbocycles. The Kier molecular flexibility index (Phi) is 5.94. The van der Waals surface area contributed by atoms with Gasteiger partial charge in [-0.05, 0) is 38.3 Å². The first kappa shape index (κ1) is 18.9.